The molecule has 0 radical (unpaired) electrons. The number of nitrogens with zero attached hydrogens (tertiary/aromatic N) is 4. The Kier molecular flexibility index (Phi) is 9.10. The van der Waals surface area contributed by atoms with E-state index in [2.05, 4.69) is 26.7 Å². The summed E-state index contributed by atoms with van der Waals surface area (Å²) in [5.41, 5.74) is 0.266. The molecule has 44 heavy (non-hydrogen) atoms. The summed E-state index contributed by atoms with van der Waals surface area (Å²) < 4.78 is 32.3. The van der Waals surface area contributed by atoms with Gasteiger partial charge in [-0.15, -0.1) is 11.3 Å². The summed E-state index contributed by atoms with van der Waals surface area (Å²) in [6, 6.07) is 10.5. The molecule has 11 nitrogen and oxygen atoms in total. The van der Waals surface area contributed by atoms with Crippen LogP contribution in [0.3, 0.4) is 0 Å². The number of amides is 3. The van der Waals surface area contributed by atoms with Crippen molar-refractivity contribution in [2.45, 2.75) is 39.2 Å². The first-order valence-corrected chi connectivity index (χ1v) is 14.8. The number of pyridine rings is 1. The molecule has 3 heterocycles. The molecule has 1 aliphatic rings. The zero-order chi connectivity index (χ0) is 31.3. The molecule has 2 aromatic carbocycles. The van der Waals surface area contributed by atoms with Crippen molar-refractivity contribution in [3.05, 3.63) is 65.6 Å². The minimum absolute atomic E-state index is 0.0323. The highest BCUT2D eigenvalue weighted by Crippen LogP contribution is 2.34. The molecule has 1 saturated heterocycles. The Balaban J connectivity index is 1.23. The lowest BCUT2D eigenvalue weighted by Crippen LogP contribution is -2.42. The third kappa shape index (κ3) is 7.70. The molecule has 1 fully saturated rings. The normalized spacial score (nSPS) is 13.7. The van der Waals surface area contributed by atoms with Gasteiger partial charge in [0.1, 0.15) is 34.7 Å². The van der Waals surface area contributed by atoms with E-state index in [1.54, 1.807) is 40.9 Å². The zero-order valence-electron chi connectivity index (χ0n) is 24.4. The van der Waals surface area contributed by atoms with Crippen LogP contribution >= 0.6 is 11.3 Å². The molecule has 228 valence electrons. The zero-order valence-corrected chi connectivity index (χ0v) is 25.2. The number of piperidine rings is 1. The Labute approximate surface area is 257 Å². The monoisotopic (exact) mass is 618 g/mol. The Bertz CT molecular complexity index is 1690. The molecule has 0 atom stereocenters. The highest BCUT2D eigenvalue weighted by atomic mass is 32.1. The smallest absolute Gasteiger partial charge is 0.410 e. The molecule has 5 rings (SSSR count). The van der Waals surface area contributed by atoms with Gasteiger partial charge in [-0.2, -0.15) is 5.26 Å². The molecule has 13 heteroatoms. The van der Waals surface area contributed by atoms with Crippen molar-refractivity contribution in [3.8, 4) is 23.3 Å². The lowest BCUT2D eigenvalue weighted by Gasteiger charge is -2.33. The van der Waals surface area contributed by atoms with Crippen LogP contribution in [0.4, 0.5) is 24.8 Å². The number of halogens is 1. The number of urea groups is 1. The number of likely N-dealkylation sites (tertiary alicyclic amines) is 1. The Morgan fingerprint density at radius 3 is 2.57 bits per heavy atom. The molecule has 2 N–H and O–H groups in total. The summed E-state index contributed by atoms with van der Waals surface area (Å²) in [5, 5.41) is 17.5. The maximum atomic E-state index is 14.8. The van der Waals surface area contributed by atoms with Crippen LogP contribution in [0.1, 0.15) is 39.2 Å². The first-order valence-electron chi connectivity index (χ1n) is 14.0. The summed E-state index contributed by atoms with van der Waals surface area (Å²) in [6.45, 7) is 7.07. The second-order valence-corrected chi connectivity index (χ2v) is 12.1. The Hall–Kier alpha value is -4.96. The summed E-state index contributed by atoms with van der Waals surface area (Å²) >= 11 is 1.24. The second-order valence-electron chi connectivity index (χ2n) is 11.2. The predicted molar refractivity (Wildman–Crippen MR) is 164 cm³/mol. The fourth-order valence-corrected chi connectivity index (χ4v) is 5.11. The predicted octanol–water partition coefficient (Wildman–Crippen LogP) is 7.16. The quantitative estimate of drug-likeness (QED) is 0.222. The number of anilines is 2. The van der Waals surface area contributed by atoms with E-state index in [9.17, 15) is 19.2 Å². The van der Waals surface area contributed by atoms with E-state index in [4.69, 9.17) is 14.2 Å². The highest BCUT2D eigenvalue weighted by Gasteiger charge is 2.27. The summed E-state index contributed by atoms with van der Waals surface area (Å²) in [7, 11) is 0. The molecule has 0 unspecified atom stereocenters. The molecular formula is C31H31FN6O5S. The van der Waals surface area contributed by atoms with Crippen LogP contribution in [-0.4, -0.2) is 52.3 Å². The first kappa shape index (κ1) is 30.5. The van der Waals surface area contributed by atoms with Gasteiger partial charge < -0.3 is 24.4 Å². The van der Waals surface area contributed by atoms with E-state index in [0.29, 0.717) is 52.8 Å². The number of aromatic nitrogens is 2. The number of nitriles is 1. The lowest BCUT2D eigenvalue weighted by atomic mass is 9.98. The number of carbonyl (C=O) groups excluding carboxylic acids is 2. The van der Waals surface area contributed by atoms with E-state index >= 15 is 0 Å². The number of ether oxygens (including phenoxy) is 3. The minimum atomic E-state index is -0.694. The Morgan fingerprint density at radius 1 is 1.09 bits per heavy atom. The Morgan fingerprint density at radius 2 is 1.89 bits per heavy atom. The molecule has 4 aromatic rings. The number of thiazole rings is 1. The van der Waals surface area contributed by atoms with Crippen LogP contribution < -0.4 is 20.1 Å². The number of benzene rings is 2. The van der Waals surface area contributed by atoms with Gasteiger partial charge in [0.25, 0.3) is 0 Å². The fourth-order valence-electron chi connectivity index (χ4n) is 4.58. The topological polar surface area (TPSA) is 139 Å². The van der Waals surface area contributed by atoms with Crippen molar-refractivity contribution in [1.82, 2.24) is 14.9 Å². The van der Waals surface area contributed by atoms with E-state index in [0.717, 1.165) is 18.9 Å². The number of hydrogen-bond donors (Lipinski definition) is 2. The van der Waals surface area contributed by atoms with Gasteiger partial charge in [0, 0.05) is 48.4 Å². The number of fused-ring (bicyclic) bond motifs is 1. The molecule has 2 aromatic heterocycles. The van der Waals surface area contributed by atoms with Crippen LogP contribution in [0.25, 0.3) is 10.9 Å². The first-order chi connectivity index (χ1) is 21.1. The molecule has 0 aliphatic carbocycles. The standard InChI is InChI=1S/C31H31FN6O5S/c1-31(2,3)43-30(40)38-11-7-19(8-12-38)18-41-27-16-25-22(14-20(27)17-33)26(6-9-34-25)42-21-4-5-24(23(32)15-21)36-28(39)37-29-35-10-13-44-29/h4-6,9-10,13-16,19H,7-8,11-12,18H2,1-3H3,(H2,35,36,37,39). The van der Waals surface area contributed by atoms with Crippen molar-refractivity contribution in [2.24, 2.45) is 5.92 Å². The largest absolute Gasteiger partial charge is 0.492 e. The third-order valence-corrected chi connectivity index (χ3v) is 7.42. The van der Waals surface area contributed by atoms with Gasteiger partial charge in [-0.1, -0.05) is 0 Å². The maximum Gasteiger partial charge on any atom is 0.410 e. The maximum absolute atomic E-state index is 14.8. The van der Waals surface area contributed by atoms with Crippen molar-refractivity contribution < 1.29 is 28.2 Å². The minimum Gasteiger partial charge on any atom is -0.492 e. The van der Waals surface area contributed by atoms with Crippen LogP contribution in [0.2, 0.25) is 0 Å². The van der Waals surface area contributed by atoms with Crippen molar-refractivity contribution in [3.63, 3.8) is 0 Å². The number of hydrogen-bond acceptors (Lipinski definition) is 9. The van der Waals surface area contributed by atoms with Crippen LogP contribution in [0, 0.1) is 23.1 Å². The van der Waals surface area contributed by atoms with Crippen LogP contribution in [0.15, 0.2) is 54.2 Å². The molecule has 0 spiro atoms. The molecule has 3 amide bonds. The van der Waals surface area contributed by atoms with Gasteiger partial charge in [0.2, 0.25) is 0 Å². The molecule has 0 bridgehead atoms. The van der Waals surface area contributed by atoms with E-state index in [1.807, 2.05) is 20.8 Å². The van der Waals surface area contributed by atoms with Crippen LogP contribution in [-0.2, 0) is 4.74 Å². The van der Waals surface area contributed by atoms with Gasteiger partial charge >= 0.3 is 12.1 Å². The van der Waals surface area contributed by atoms with Crippen LogP contribution in [0.5, 0.6) is 17.2 Å². The average molecular weight is 619 g/mol. The van der Waals surface area contributed by atoms with E-state index in [-0.39, 0.29) is 23.4 Å². The molecular weight excluding hydrogens is 587 g/mol. The summed E-state index contributed by atoms with van der Waals surface area (Å²) in [6.07, 6.45) is 4.30. The molecule has 1 aliphatic heterocycles. The second kappa shape index (κ2) is 13.1. The number of nitrogens with one attached hydrogen (secondary N) is 2. The van der Waals surface area contributed by atoms with Crippen molar-refractivity contribution in [2.75, 3.05) is 30.3 Å². The number of carbonyl (C=O) groups is 2. The van der Waals surface area contributed by atoms with E-state index < -0.39 is 17.4 Å². The molecule has 0 saturated carbocycles. The van der Waals surface area contributed by atoms with Crippen molar-refractivity contribution in [1.29, 1.82) is 5.26 Å². The van der Waals surface area contributed by atoms with Crippen molar-refractivity contribution >= 4 is 45.2 Å². The average Bonchev–Trinajstić information content (AvgIpc) is 3.49. The summed E-state index contributed by atoms with van der Waals surface area (Å²) in [5.74, 6) is 0.480. The van der Waals surface area contributed by atoms with E-state index in [1.165, 1.54) is 23.5 Å². The highest BCUT2D eigenvalue weighted by molar-refractivity contribution is 7.13. The van der Waals surface area contributed by atoms with Gasteiger partial charge in [0.05, 0.1) is 23.4 Å². The van der Waals surface area contributed by atoms with Gasteiger partial charge in [-0.25, -0.2) is 19.0 Å². The lowest BCUT2D eigenvalue weighted by molar-refractivity contribution is 0.0165. The van der Waals surface area contributed by atoms with Gasteiger partial charge in [-0.05, 0) is 63.8 Å². The number of rotatable bonds is 7. The van der Waals surface area contributed by atoms with Gasteiger partial charge in [-0.3, -0.25) is 10.3 Å². The fraction of sp³-hybridized carbons (Fsp3) is 0.323. The summed E-state index contributed by atoms with van der Waals surface area (Å²) in [4.78, 5) is 34.6. The SMILES string of the molecule is CC(C)(C)OC(=O)N1CCC(COc2cc3nccc(Oc4ccc(NC(=O)Nc5nccs5)c(F)c4)c3cc2C#N)CC1. The van der Waals surface area contributed by atoms with Gasteiger partial charge in [0.15, 0.2) is 5.13 Å². The third-order valence-electron chi connectivity index (χ3n) is 6.73.